The molecule has 0 saturated carbocycles. The SMILES string of the molecule is CCOc1cc(/C=C2\C(=O)NC(=O)N(c3ccc(Cl)c(Cl)c3)C2=O)ccc1OCc1ccc(C)c(C)c1. The summed E-state index contributed by atoms with van der Waals surface area (Å²) in [5.74, 6) is -0.615. The molecule has 190 valence electrons. The number of nitrogens with zero attached hydrogens (tertiary/aromatic N) is 1. The molecule has 3 aromatic carbocycles. The van der Waals surface area contributed by atoms with Crippen molar-refractivity contribution in [3.05, 3.63) is 92.5 Å². The van der Waals surface area contributed by atoms with Gasteiger partial charge in [-0.05, 0) is 79.4 Å². The van der Waals surface area contributed by atoms with E-state index in [0.717, 1.165) is 10.5 Å². The first kappa shape index (κ1) is 26.3. The minimum Gasteiger partial charge on any atom is -0.490 e. The van der Waals surface area contributed by atoms with Crippen molar-refractivity contribution in [3.8, 4) is 11.5 Å². The Labute approximate surface area is 224 Å². The van der Waals surface area contributed by atoms with Crippen LogP contribution in [0.3, 0.4) is 0 Å². The van der Waals surface area contributed by atoms with Crippen molar-refractivity contribution < 1.29 is 23.9 Å². The van der Waals surface area contributed by atoms with Crippen molar-refractivity contribution in [3.63, 3.8) is 0 Å². The van der Waals surface area contributed by atoms with Gasteiger partial charge < -0.3 is 9.47 Å². The van der Waals surface area contributed by atoms with Crippen LogP contribution < -0.4 is 19.7 Å². The van der Waals surface area contributed by atoms with Gasteiger partial charge in [0.2, 0.25) is 0 Å². The predicted molar refractivity (Wildman–Crippen MR) is 143 cm³/mol. The molecule has 1 aliphatic heterocycles. The first-order valence-electron chi connectivity index (χ1n) is 11.5. The lowest BCUT2D eigenvalue weighted by Gasteiger charge is -2.26. The second-order valence-corrected chi connectivity index (χ2v) is 9.22. The van der Waals surface area contributed by atoms with Crippen molar-refractivity contribution in [1.29, 1.82) is 0 Å². The number of anilines is 1. The molecule has 0 unspecified atom stereocenters. The lowest BCUT2D eigenvalue weighted by Crippen LogP contribution is -2.54. The maximum atomic E-state index is 13.2. The number of carbonyl (C=O) groups excluding carboxylic acids is 3. The van der Waals surface area contributed by atoms with E-state index in [4.69, 9.17) is 32.7 Å². The van der Waals surface area contributed by atoms with Gasteiger partial charge in [-0.1, -0.05) is 47.5 Å². The van der Waals surface area contributed by atoms with Crippen LogP contribution in [0.2, 0.25) is 10.0 Å². The molecule has 1 heterocycles. The molecule has 0 aliphatic carbocycles. The van der Waals surface area contributed by atoms with Crippen LogP contribution in [-0.4, -0.2) is 24.5 Å². The van der Waals surface area contributed by atoms with Crippen molar-refractivity contribution in [2.45, 2.75) is 27.4 Å². The number of halogens is 2. The Hall–Kier alpha value is -3.81. The summed E-state index contributed by atoms with van der Waals surface area (Å²) in [6, 6.07) is 14.6. The molecule has 1 N–H and O–H groups in total. The van der Waals surface area contributed by atoms with Crippen LogP contribution in [0.25, 0.3) is 6.08 Å². The minimum atomic E-state index is -0.879. The molecule has 3 aromatic rings. The summed E-state index contributed by atoms with van der Waals surface area (Å²) in [4.78, 5) is 39.0. The number of urea groups is 1. The molecule has 0 radical (unpaired) electrons. The number of hydrogen-bond acceptors (Lipinski definition) is 5. The highest BCUT2D eigenvalue weighted by Gasteiger charge is 2.37. The quantitative estimate of drug-likeness (QED) is 0.283. The number of carbonyl (C=O) groups is 3. The van der Waals surface area contributed by atoms with E-state index in [9.17, 15) is 14.4 Å². The third-order valence-electron chi connectivity index (χ3n) is 5.81. The number of rotatable bonds is 7. The molecule has 4 amide bonds. The number of imide groups is 2. The first-order chi connectivity index (χ1) is 17.7. The number of benzene rings is 3. The summed E-state index contributed by atoms with van der Waals surface area (Å²) in [5.41, 5.74) is 3.88. The maximum Gasteiger partial charge on any atom is 0.335 e. The van der Waals surface area contributed by atoms with Gasteiger partial charge in [0.15, 0.2) is 11.5 Å². The second kappa shape index (κ2) is 11.1. The van der Waals surface area contributed by atoms with E-state index in [1.54, 1.807) is 18.2 Å². The fourth-order valence-corrected chi connectivity index (χ4v) is 4.03. The molecule has 9 heteroatoms. The lowest BCUT2D eigenvalue weighted by molar-refractivity contribution is -0.122. The molecule has 4 rings (SSSR count). The summed E-state index contributed by atoms with van der Waals surface area (Å²) in [7, 11) is 0. The molecular weight excluding hydrogens is 515 g/mol. The largest absolute Gasteiger partial charge is 0.490 e. The van der Waals surface area contributed by atoms with Crippen molar-refractivity contribution in [2.24, 2.45) is 0 Å². The Balaban J connectivity index is 1.61. The second-order valence-electron chi connectivity index (χ2n) is 8.40. The van der Waals surface area contributed by atoms with E-state index in [-0.39, 0.29) is 21.3 Å². The van der Waals surface area contributed by atoms with Crippen molar-refractivity contribution in [1.82, 2.24) is 5.32 Å². The molecule has 7 nitrogen and oxygen atoms in total. The van der Waals surface area contributed by atoms with E-state index in [1.807, 2.05) is 26.0 Å². The van der Waals surface area contributed by atoms with Crippen LogP contribution in [0.5, 0.6) is 11.5 Å². The average Bonchev–Trinajstić information content (AvgIpc) is 2.85. The van der Waals surface area contributed by atoms with Gasteiger partial charge in [-0.15, -0.1) is 0 Å². The van der Waals surface area contributed by atoms with E-state index >= 15 is 0 Å². The predicted octanol–water partition coefficient (Wildman–Crippen LogP) is 6.25. The molecule has 0 aromatic heterocycles. The summed E-state index contributed by atoms with van der Waals surface area (Å²) < 4.78 is 11.8. The van der Waals surface area contributed by atoms with E-state index < -0.39 is 17.8 Å². The summed E-state index contributed by atoms with van der Waals surface area (Å²) in [6.07, 6.45) is 1.39. The topological polar surface area (TPSA) is 84.9 Å². The number of amides is 4. The Morgan fingerprint density at radius 2 is 1.65 bits per heavy atom. The van der Waals surface area contributed by atoms with Gasteiger partial charge in [-0.25, -0.2) is 9.69 Å². The monoisotopic (exact) mass is 538 g/mol. The molecule has 1 saturated heterocycles. The number of aryl methyl sites for hydroxylation is 2. The van der Waals surface area contributed by atoms with E-state index in [2.05, 4.69) is 18.3 Å². The first-order valence-corrected chi connectivity index (χ1v) is 12.3. The lowest BCUT2D eigenvalue weighted by atomic mass is 10.1. The molecule has 37 heavy (non-hydrogen) atoms. The van der Waals surface area contributed by atoms with Gasteiger partial charge in [0.1, 0.15) is 12.2 Å². The van der Waals surface area contributed by atoms with Crippen molar-refractivity contribution in [2.75, 3.05) is 11.5 Å². The smallest absolute Gasteiger partial charge is 0.335 e. The Kier molecular flexibility index (Phi) is 7.86. The zero-order chi connectivity index (χ0) is 26.7. The summed E-state index contributed by atoms with van der Waals surface area (Å²) in [5, 5.41) is 2.62. The highest BCUT2D eigenvalue weighted by molar-refractivity contribution is 6.43. The van der Waals surface area contributed by atoms with Gasteiger partial charge in [0, 0.05) is 0 Å². The Morgan fingerprint density at radius 1 is 0.865 bits per heavy atom. The number of ether oxygens (including phenoxy) is 2. The Bertz CT molecular complexity index is 1430. The average molecular weight is 539 g/mol. The van der Waals surface area contributed by atoms with E-state index in [1.165, 1.54) is 35.4 Å². The van der Waals surface area contributed by atoms with Gasteiger partial charge >= 0.3 is 6.03 Å². The fraction of sp³-hybridized carbons (Fsp3) is 0.179. The van der Waals surface area contributed by atoms with Crippen LogP contribution in [0.15, 0.2) is 60.2 Å². The highest BCUT2D eigenvalue weighted by Crippen LogP contribution is 2.32. The molecule has 1 fully saturated rings. The van der Waals surface area contributed by atoms with Crippen molar-refractivity contribution >= 4 is 52.8 Å². The molecular formula is C28H24Cl2N2O5. The number of barbiturate groups is 1. The number of nitrogens with one attached hydrogen (secondary N) is 1. The van der Waals surface area contributed by atoms with E-state index in [0.29, 0.717) is 30.3 Å². The zero-order valence-electron chi connectivity index (χ0n) is 20.4. The summed E-state index contributed by atoms with van der Waals surface area (Å²) in [6.45, 7) is 6.68. The fourth-order valence-electron chi connectivity index (χ4n) is 3.74. The van der Waals surface area contributed by atoms with Gasteiger partial charge in [-0.2, -0.15) is 0 Å². The van der Waals surface area contributed by atoms with Gasteiger partial charge in [-0.3, -0.25) is 14.9 Å². The van der Waals surface area contributed by atoms with Gasteiger partial charge in [0.25, 0.3) is 11.8 Å². The number of hydrogen-bond donors (Lipinski definition) is 1. The normalized spacial score (nSPS) is 14.7. The third kappa shape index (κ3) is 5.79. The standard InChI is InChI=1S/C28H24Cl2N2O5/c1-4-36-25-13-18(7-10-24(25)37-15-19-6-5-16(2)17(3)11-19)12-21-26(33)31-28(35)32(27(21)34)20-8-9-22(29)23(30)14-20/h5-14H,4,15H2,1-3H3,(H,31,33,35)/b21-12+. The Morgan fingerprint density at radius 3 is 2.35 bits per heavy atom. The molecule has 1 aliphatic rings. The molecule has 0 atom stereocenters. The zero-order valence-corrected chi connectivity index (χ0v) is 21.9. The van der Waals surface area contributed by atoms with Crippen LogP contribution in [0.1, 0.15) is 29.2 Å². The molecule has 0 spiro atoms. The molecule has 0 bridgehead atoms. The minimum absolute atomic E-state index is 0.167. The van der Waals surface area contributed by atoms with Gasteiger partial charge in [0.05, 0.1) is 22.3 Å². The van der Waals surface area contributed by atoms with Crippen LogP contribution in [0, 0.1) is 13.8 Å². The van der Waals surface area contributed by atoms with Crippen LogP contribution in [-0.2, 0) is 16.2 Å². The summed E-state index contributed by atoms with van der Waals surface area (Å²) >= 11 is 12.0. The van der Waals surface area contributed by atoms with Crippen LogP contribution >= 0.6 is 23.2 Å². The van der Waals surface area contributed by atoms with Crippen LogP contribution in [0.4, 0.5) is 10.5 Å². The third-order valence-corrected chi connectivity index (χ3v) is 6.55. The highest BCUT2D eigenvalue weighted by atomic mass is 35.5. The maximum absolute atomic E-state index is 13.2.